The van der Waals surface area contributed by atoms with Crippen molar-refractivity contribution in [3.63, 3.8) is 0 Å². The quantitative estimate of drug-likeness (QED) is 0.747. The standard InChI is InChI=1S/C12H26N2O/c1-5-10(2)11(3)13-8-12-9-14(4)6-7-15-12/h10-13H,5-9H2,1-4H3. The summed E-state index contributed by atoms with van der Waals surface area (Å²) >= 11 is 0. The summed E-state index contributed by atoms with van der Waals surface area (Å²) in [6.07, 6.45) is 1.61. The highest BCUT2D eigenvalue weighted by Gasteiger charge is 2.18. The Labute approximate surface area is 94.2 Å². The molecule has 1 rings (SSSR count). The van der Waals surface area contributed by atoms with Gasteiger partial charge >= 0.3 is 0 Å². The van der Waals surface area contributed by atoms with Crippen LogP contribution in [0.5, 0.6) is 0 Å². The summed E-state index contributed by atoms with van der Waals surface area (Å²) in [6.45, 7) is 10.8. The van der Waals surface area contributed by atoms with Crippen molar-refractivity contribution >= 4 is 0 Å². The van der Waals surface area contributed by atoms with Gasteiger partial charge in [-0.2, -0.15) is 0 Å². The third-order valence-electron chi connectivity index (χ3n) is 3.51. The van der Waals surface area contributed by atoms with Gasteiger partial charge in [-0.05, 0) is 19.9 Å². The lowest BCUT2D eigenvalue weighted by atomic mass is 10.0. The highest BCUT2D eigenvalue weighted by Crippen LogP contribution is 2.08. The third kappa shape index (κ3) is 4.49. The first-order valence-corrected chi connectivity index (χ1v) is 6.17. The van der Waals surface area contributed by atoms with Gasteiger partial charge in [0.1, 0.15) is 0 Å². The van der Waals surface area contributed by atoms with Crippen LogP contribution < -0.4 is 5.32 Å². The molecule has 0 spiro atoms. The molecule has 90 valence electrons. The molecule has 0 bridgehead atoms. The van der Waals surface area contributed by atoms with Gasteiger partial charge in [-0.1, -0.05) is 20.3 Å². The number of rotatable bonds is 5. The van der Waals surface area contributed by atoms with Gasteiger partial charge in [-0.15, -0.1) is 0 Å². The van der Waals surface area contributed by atoms with Crippen LogP contribution in [0.15, 0.2) is 0 Å². The largest absolute Gasteiger partial charge is 0.374 e. The van der Waals surface area contributed by atoms with E-state index in [2.05, 4.69) is 38.0 Å². The van der Waals surface area contributed by atoms with E-state index in [1.807, 2.05) is 0 Å². The topological polar surface area (TPSA) is 24.5 Å². The van der Waals surface area contributed by atoms with Crippen LogP contribution in [0.3, 0.4) is 0 Å². The van der Waals surface area contributed by atoms with Crippen molar-refractivity contribution in [3.8, 4) is 0 Å². The van der Waals surface area contributed by atoms with Gasteiger partial charge in [0.25, 0.3) is 0 Å². The molecule has 3 unspecified atom stereocenters. The zero-order valence-corrected chi connectivity index (χ0v) is 10.6. The molecular formula is C12H26N2O. The molecule has 1 N–H and O–H groups in total. The van der Waals surface area contributed by atoms with Crippen LogP contribution in [0.1, 0.15) is 27.2 Å². The fraction of sp³-hybridized carbons (Fsp3) is 1.00. The van der Waals surface area contributed by atoms with Gasteiger partial charge in [0.2, 0.25) is 0 Å². The molecular weight excluding hydrogens is 188 g/mol. The van der Waals surface area contributed by atoms with E-state index in [4.69, 9.17) is 4.74 Å². The predicted molar refractivity (Wildman–Crippen MR) is 64.2 cm³/mol. The number of likely N-dealkylation sites (N-methyl/N-ethyl adjacent to an activating group) is 1. The van der Waals surface area contributed by atoms with Crippen molar-refractivity contribution in [2.75, 3.05) is 33.3 Å². The Morgan fingerprint density at radius 3 is 2.80 bits per heavy atom. The summed E-state index contributed by atoms with van der Waals surface area (Å²) in [7, 11) is 2.16. The normalized spacial score (nSPS) is 27.6. The minimum atomic E-state index is 0.371. The summed E-state index contributed by atoms with van der Waals surface area (Å²) in [6, 6.07) is 0.589. The lowest BCUT2D eigenvalue weighted by Gasteiger charge is -2.31. The van der Waals surface area contributed by atoms with E-state index < -0.39 is 0 Å². The van der Waals surface area contributed by atoms with Crippen molar-refractivity contribution < 1.29 is 4.74 Å². The first kappa shape index (κ1) is 12.9. The maximum atomic E-state index is 5.71. The van der Waals surface area contributed by atoms with E-state index in [-0.39, 0.29) is 0 Å². The van der Waals surface area contributed by atoms with E-state index in [0.717, 1.165) is 32.2 Å². The molecule has 0 aliphatic carbocycles. The highest BCUT2D eigenvalue weighted by molar-refractivity contribution is 4.74. The minimum Gasteiger partial charge on any atom is -0.374 e. The molecule has 0 amide bonds. The fourth-order valence-electron chi connectivity index (χ4n) is 1.86. The molecule has 0 aromatic carbocycles. The van der Waals surface area contributed by atoms with Crippen molar-refractivity contribution in [2.45, 2.75) is 39.3 Å². The minimum absolute atomic E-state index is 0.371. The zero-order chi connectivity index (χ0) is 11.3. The van der Waals surface area contributed by atoms with Crippen LogP contribution in [-0.4, -0.2) is 50.3 Å². The molecule has 1 fully saturated rings. The Bertz CT molecular complexity index is 175. The molecule has 1 saturated heterocycles. The number of hydrogen-bond acceptors (Lipinski definition) is 3. The third-order valence-corrected chi connectivity index (χ3v) is 3.51. The molecule has 3 atom stereocenters. The lowest BCUT2D eigenvalue weighted by molar-refractivity contribution is -0.0197. The predicted octanol–water partition coefficient (Wildman–Crippen LogP) is 1.34. The summed E-state index contributed by atoms with van der Waals surface area (Å²) < 4.78 is 5.71. The Morgan fingerprint density at radius 2 is 2.20 bits per heavy atom. The van der Waals surface area contributed by atoms with Crippen LogP contribution >= 0.6 is 0 Å². The first-order valence-electron chi connectivity index (χ1n) is 6.17. The SMILES string of the molecule is CCC(C)C(C)NCC1CN(C)CCO1. The Kier molecular flexibility index (Phi) is 5.58. The number of hydrogen-bond donors (Lipinski definition) is 1. The van der Waals surface area contributed by atoms with Gasteiger partial charge in [-0.3, -0.25) is 0 Å². The monoisotopic (exact) mass is 214 g/mol. The molecule has 1 aliphatic heterocycles. The molecule has 3 nitrogen and oxygen atoms in total. The van der Waals surface area contributed by atoms with E-state index in [9.17, 15) is 0 Å². The molecule has 0 aromatic rings. The van der Waals surface area contributed by atoms with Crippen LogP contribution in [-0.2, 0) is 4.74 Å². The van der Waals surface area contributed by atoms with Crippen molar-refractivity contribution in [3.05, 3.63) is 0 Å². The second kappa shape index (κ2) is 6.46. The molecule has 3 heteroatoms. The molecule has 1 aliphatic rings. The van der Waals surface area contributed by atoms with E-state index in [1.165, 1.54) is 6.42 Å². The molecule has 0 saturated carbocycles. The summed E-state index contributed by atoms with van der Waals surface area (Å²) in [5.41, 5.74) is 0. The number of morpholine rings is 1. The Morgan fingerprint density at radius 1 is 1.47 bits per heavy atom. The average molecular weight is 214 g/mol. The van der Waals surface area contributed by atoms with Gasteiger partial charge in [-0.25, -0.2) is 0 Å². The van der Waals surface area contributed by atoms with Crippen molar-refractivity contribution in [1.82, 2.24) is 10.2 Å². The summed E-state index contributed by atoms with van der Waals surface area (Å²) in [5.74, 6) is 0.742. The Hall–Kier alpha value is -0.120. The van der Waals surface area contributed by atoms with Crippen molar-refractivity contribution in [1.29, 1.82) is 0 Å². The highest BCUT2D eigenvalue weighted by atomic mass is 16.5. The van der Waals surface area contributed by atoms with Gasteiger partial charge < -0.3 is 15.0 Å². The van der Waals surface area contributed by atoms with Crippen LogP contribution in [0, 0.1) is 5.92 Å². The first-order chi connectivity index (χ1) is 7.13. The average Bonchev–Trinajstić information content (AvgIpc) is 2.25. The van der Waals surface area contributed by atoms with Gasteiger partial charge in [0.05, 0.1) is 12.7 Å². The molecule has 0 aromatic heterocycles. The van der Waals surface area contributed by atoms with Crippen LogP contribution in [0.2, 0.25) is 0 Å². The van der Waals surface area contributed by atoms with E-state index >= 15 is 0 Å². The molecule has 1 heterocycles. The van der Waals surface area contributed by atoms with Crippen molar-refractivity contribution in [2.24, 2.45) is 5.92 Å². The fourth-order valence-corrected chi connectivity index (χ4v) is 1.86. The number of ether oxygens (including phenoxy) is 1. The van der Waals surface area contributed by atoms with Crippen LogP contribution in [0.4, 0.5) is 0 Å². The lowest BCUT2D eigenvalue weighted by Crippen LogP contribution is -2.47. The zero-order valence-electron chi connectivity index (χ0n) is 10.6. The van der Waals surface area contributed by atoms with Crippen LogP contribution in [0.25, 0.3) is 0 Å². The van der Waals surface area contributed by atoms with Gasteiger partial charge in [0, 0.05) is 25.7 Å². The summed E-state index contributed by atoms with van der Waals surface area (Å²) in [4.78, 5) is 2.34. The van der Waals surface area contributed by atoms with Gasteiger partial charge in [0.15, 0.2) is 0 Å². The summed E-state index contributed by atoms with van der Waals surface area (Å²) in [5, 5.41) is 3.57. The Balaban J connectivity index is 2.18. The smallest absolute Gasteiger partial charge is 0.0826 e. The maximum Gasteiger partial charge on any atom is 0.0826 e. The molecule has 15 heavy (non-hydrogen) atoms. The molecule has 0 radical (unpaired) electrons. The maximum absolute atomic E-state index is 5.71. The number of nitrogens with zero attached hydrogens (tertiary/aromatic N) is 1. The number of nitrogens with one attached hydrogen (secondary N) is 1. The second-order valence-electron chi connectivity index (χ2n) is 4.84. The second-order valence-corrected chi connectivity index (χ2v) is 4.84. The van der Waals surface area contributed by atoms with E-state index in [1.54, 1.807) is 0 Å². The van der Waals surface area contributed by atoms with E-state index in [0.29, 0.717) is 12.1 Å².